The van der Waals surface area contributed by atoms with Crippen LogP contribution in [0.5, 0.6) is 0 Å². The molecule has 1 aliphatic carbocycles. The minimum atomic E-state index is -0.0841. The fraction of sp³-hybridized carbons (Fsp3) is 0.450. The highest BCUT2D eigenvalue weighted by atomic mass is 16.3. The van der Waals surface area contributed by atoms with Gasteiger partial charge in [0.05, 0.1) is 29.8 Å². The van der Waals surface area contributed by atoms with Gasteiger partial charge in [0.15, 0.2) is 11.6 Å². The molecule has 0 atom stereocenters. The molecule has 1 N–H and O–H groups in total. The van der Waals surface area contributed by atoms with E-state index in [0.717, 1.165) is 48.0 Å². The molecule has 6 nitrogen and oxygen atoms in total. The quantitative estimate of drug-likeness (QED) is 0.741. The van der Waals surface area contributed by atoms with Gasteiger partial charge in [0.1, 0.15) is 0 Å². The number of aliphatic hydroxyl groups excluding tert-OH is 1. The van der Waals surface area contributed by atoms with Gasteiger partial charge < -0.3 is 5.11 Å². The number of hydrogen-bond acceptors (Lipinski definition) is 4. The Labute approximate surface area is 153 Å². The Kier molecular flexibility index (Phi) is 4.15. The van der Waals surface area contributed by atoms with Crippen molar-refractivity contribution in [3.63, 3.8) is 0 Å². The maximum absolute atomic E-state index is 9.52. The summed E-state index contributed by atoms with van der Waals surface area (Å²) in [5.41, 5.74) is 4.26. The largest absolute Gasteiger partial charge is 0.394 e. The number of aromatic nitrogens is 5. The van der Waals surface area contributed by atoms with Crippen molar-refractivity contribution in [2.45, 2.75) is 52.1 Å². The summed E-state index contributed by atoms with van der Waals surface area (Å²) >= 11 is 0. The fourth-order valence-electron chi connectivity index (χ4n) is 3.83. The van der Waals surface area contributed by atoms with Crippen LogP contribution in [-0.4, -0.2) is 36.3 Å². The summed E-state index contributed by atoms with van der Waals surface area (Å²) in [5.74, 6) is 1.67. The van der Waals surface area contributed by atoms with E-state index in [1.54, 1.807) is 0 Å². The first kappa shape index (κ1) is 17.0. The van der Waals surface area contributed by atoms with Crippen molar-refractivity contribution in [2.24, 2.45) is 0 Å². The van der Waals surface area contributed by atoms with Crippen LogP contribution in [0.3, 0.4) is 0 Å². The van der Waals surface area contributed by atoms with Gasteiger partial charge in [-0.25, -0.2) is 9.67 Å². The topological polar surface area (TPSA) is 68.8 Å². The Morgan fingerprint density at radius 3 is 2.38 bits per heavy atom. The summed E-state index contributed by atoms with van der Waals surface area (Å²) in [7, 11) is 0. The molecule has 0 radical (unpaired) electrons. The first-order valence-corrected chi connectivity index (χ1v) is 9.27. The lowest BCUT2D eigenvalue weighted by atomic mass is 9.95. The van der Waals surface area contributed by atoms with Gasteiger partial charge >= 0.3 is 0 Å². The van der Waals surface area contributed by atoms with E-state index in [9.17, 15) is 5.11 Å². The molecule has 6 heteroatoms. The van der Waals surface area contributed by atoms with Crippen LogP contribution < -0.4 is 0 Å². The van der Waals surface area contributed by atoms with Crippen molar-refractivity contribution in [3.8, 4) is 11.4 Å². The van der Waals surface area contributed by atoms with Crippen LogP contribution in [-0.2, 0) is 18.5 Å². The Morgan fingerprint density at radius 2 is 1.81 bits per heavy atom. The van der Waals surface area contributed by atoms with E-state index in [0.29, 0.717) is 6.54 Å². The highest BCUT2D eigenvalue weighted by molar-refractivity contribution is 5.62. The van der Waals surface area contributed by atoms with E-state index in [1.165, 1.54) is 5.56 Å². The van der Waals surface area contributed by atoms with E-state index in [2.05, 4.69) is 43.2 Å². The number of aryl methyl sites for hydroxylation is 2. The number of aliphatic hydroxyl groups is 1. The fourth-order valence-corrected chi connectivity index (χ4v) is 3.83. The zero-order chi connectivity index (χ0) is 18.3. The lowest BCUT2D eigenvalue weighted by molar-refractivity contribution is 0.269. The van der Waals surface area contributed by atoms with E-state index in [1.807, 2.05) is 22.4 Å². The molecule has 0 bridgehead atoms. The van der Waals surface area contributed by atoms with Gasteiger partial charge in [-0.2, -0.15) is 10.2 Å². The zero-order valence-electron chi connectivity index (χ0n) is 15.6. The normalized spacial score (nSPS) is 15.4. The number of benzene rings is 1. The second kappa shape index (κ2) is 6.36. The lowest BCUT2D eigenvalue weighted by Gasteiger charge is -2.11. The molecule has 0 aliphatic heterocycles. The average Bonchev–Trinajstić information content (AvgIpc) is 3.29. The number of hydrogen-bond donors (Lipinski definition) is 1. The van der Waals surface area contributed by atoms with Gasteiger partial charge in [0.2, 0.25) is 0 Å². The molecule has 1 aliphatic rings. The van der Waals surface area contributed by atoms with Gasteiger partial charge in [-0.15, -0.1) is 0 Å². The average molecular weight is 351 g/mol. The van der Waals surface area contributed by atoms with Crippen LogP contribution in [0.1, 0.15) is 42.5 Å². The molecule has 1 saturated carbocycles. The molecule has 1 fully saturated rings. The lowest BCUT2D eigenvalue weighted by Crippen LogP contribution is -2.12. The molecule has 0 saturated heterocycles. The van der Waals surface area contributed by atoms with Crippen LogP contribution >= 0.6 is 0 Å². The molecule has 136 valence electrons. The first-order chi connectivity index (χ1) is 12.6. The van der Waals surface area contributed by atoms with Crippen LogP contribution in [0.2, 0.25) is 0 Å². The molecule has 4 rings (SSSR count). The van der Waals surface area contributed by atoms with Crippen LogP contribution in [0.4, 0.5) is 0 Å². The summed E-state index contributed by atoms with van der Waals surface area (Å²) < 4.78 is 3.84. The van der Waals surface area contributed by atoms with Crippen molar-refractivity contribution in [3.05, 3.63) is 53.1 Å². The molecule has 2 heterocycles. The second-order valence-corrected chi connectivity index (χ2v) is 7.02. The predicted molar refractivity (Wildman–Crippen MR) is 99.9 cm³/mol. The SMILES string of the molecule is CCn1nc(C)c(-c2nc(C3(c4ccccc4)CC3)nn2CCO)c1C. The summed E-state index contributed by atoms with van der Waals surface area (Å²) in [6, 6.07) is 10.5. The van der Waals surface area contributed by atoms with Gasteiger partial charge in [-0.3, -0.25) is 4.68 Å². The Balaban J connectivity index is 1.84. The number of rotatable bonds is 6. The minimum absolute atomic E-state index is 0.0359. The standard InChI is InChI=1S/C20H25N5O/c1-4-24-15(3)17(14(2)22-24)18-21-19(23-25(18)12-13-26)20(10-11-20)16-8-6-5-7-9-16/h5-9,26H,4,10-13H2,1-3H3. The Morgan fingerprint density at radius 1 is 1.08 bits per heavy atom. The maximum atomic E-state index is 9.52. The molecular weight excluding hydrogens is 326 g/mol. The van der Waals surface area contributed by atoms with E-state index >= 15 is 0 Å². The van der Waals surface area contributed by atoms with E-state index < -0.39 is 0 Å². The van der Waals surface area contributed by atoms with Crippen LogP contribution in [0, 0.1) is 13.8 Å². The highest BCUT2D eigenvalue weighted by Gasteiger charge is 2.49. The number of nitrogens with zero attached hydrogens (tertiary/aromatic N) is 5. The first-order valence-electron chi connectivity index (χ1n) is 9.27. The molecule has 0 amide bonds. The summed E-state index contributed by atoms with van der Waals surface area (Å²) in [6.07, 6.45) is 2.12. The second-order valence-electron chi connectivity index (χ2n) is 7.02. The summed E-state index contributed by atoms with van der Waals surface area (Å²) in [5, 5.41) is 19.0. The van der Waals surface area contributed by atoms with Crippen molar-refractivity contribution in [2.75, 3.05) is 6.61 Å². The van der Waals surface area contributed by atoms with Crippen molar-refractivity contribution in [1.29, 1.82) is 0 Å². The van der Waals surface area contributed by atoms with Crippen molar-refractivity contribution in [1.82, 2.24) is 24.5 Å². The predicted octanol–water partition coefficient (Wildman–Crippen LogP) is 2.85. The molecular formula is C20H25N5O. The summed E-state index contributed by atoms with van der Waals surface area (Å²) in [6.45, 7) is 7.46. The van der Waals surface area contributed by atoms with Gasteiger partial charge in [-0.05, 0) is 39.2 Å². The third-order valence-electron chi connectivity index (χ3n) is 5.39. The van der Waals surface area contributed by atoms with Crippen LogP contribution in [0.15, 0.2) is 30.3 Å². The van der Waals surface area contributed by atoms with Crippen molar-refractivity contribution < 1.29 is 5.11 Å². The third kappa shape index (κ3) is 2.56. The van der Waals surface area contributed by atoms with Gasteiger partial charge in [0.25, 0.3) is 0 Å². The smallest absolute Gasteiger partial charge is 0.162 e. The molecule has 0 unspecified atom stereocenters. The third-order valence-corrected chi connectivity index (χ3v) is 5.39. The summed E-state index contributed by atoms with van der Waals surface area (Å²) in [4.78, 5) is 4.97. The van der Waals surface area contributed by atoms with Gasteiger partial charge in [-0.1, -0.05) is 30.3 Å². The van der Waals surface area contributed by atoms with Gasteiger partial charge in [0, 0.05) is 12.2 Å². The molecule has 26 heavy (non-hydrogen) atoms. The highest BCUT2D eigenvalue weighted by Crippen LogP contribution is 2.52. The molecule has 3 aromatic rings. The van der Waals surface area contributed by atoms with Crippen molar-refractivity contribution >= 4 is 0 Å². The molecule has 0 spiro atoms. The van der Waals surface area contributed by atoms with E-state index in [-0.39, 0.29) is 12.0 Å². The monoisotopic (exact) mass is 351 g/mol. The minimum Gasteiger partial charge on any atom is -0.394 e. The maximum Gasteiger partial charge on any atom is 0.162 e. The molecule has 1 aromatic carbocycles. The van der Waals surface area contributed by atoms with Crippen LogP contribution in [0.25, 0.3) is 11.4 Å². The Hall–Kier alpha value is -2.47. The molecule has 2 aromatic heterocycles. The van der Waals surface area contributed by atoms with E-state index in [4.69, 9.17) is 10.1 Å². The zero-order valence-corrected chi connectivity index (χ0v) is 15.6. The Bertz CT molecular complexity index is 921.